The number of likely N-dealkylation sites (N-methyl/N-ethyl adjacent to an activating group) is 1. The van der Waals surface area contributed by atoms with E-state index in [0.29, 0.717) is 12.3 Å². The lowest BCUT2D eigenvalue weighted by Crippen LogP contribution is -2.51. The second kappa shape index (κ2) is 8.74. The maximum atomic E-state index is 11.8. The number of urea groups is 1. The summed E-state index contributed by atoms with van der Waals surface area (Å²) in [5.41, 5.74) is 0. The number of rotatable bonds is 8. The van der Waals surface area contributed by atoms with E-state index in [4.69, 9.17) is 5.11 Å². The smallest absolute Gasteiger partial charge is 0.326 e. The Labute approximate surface area is 115 Å². The number of carboxylic acid groups (broad SMARTS) is 1. The molecule has 0 aromatic carbocycles. The van der Waals surface area contributed by atoms with Crippen molar-refractivity contribution in [3.8, 4) is 0 Å². The van der Waals surface area contributed by atoms with Gasteiger partial charge in [0, 0.05) is 12.6 Å². The highest BCUT2D eigenvalue weighted by molar-refractivity contribution is 5.82. The number of carboxylic acids is 1. The lowest BCUT2D eigenvalue weighted by molar-refractivity contribution is -0.139. The maximum Gasteiger partial charge on any atom is 0.326 e. The van der Waals surface area contributed by atoms with Crippen molar-refractivity contribution in [2.24, 2.45) is 5.92 Å². The van der Waals surface area contributed by atoms with Crippen molar-refractivity contribution in [3.05, 3.63) is 0 Å². The molecule has 6 nitrogen and oxygen atoms in total. The third kappa shape index (κ3) is 8.42. The summed E-state index contributed by atoms with van der Waals surface area (Å²) >= 11 is 0. The van der Waals surface area contributed by atoms with E-state index in [9.17, 15) is 9.59 Å². The summed E-state index contributed by atoms with van der Waals surface area (Å²) < 4.78 is 0. The first kappa shape index (κ1) is 17.7. The molecule has 0 spiro atoms. The molecule has 19 heavy (non-hydrogen) atoms. The predicted octanol–water partition coefficient (Wildman–Crippen LogP) is 1.13. The van der Waals surface area contributed by atoms with Crippen LogP contribution in [0.3, 0.4) is 0 Å². The van der Waals surface area contributed by atoms with E-state index in [-0.39, 0.29) is 6.04 Å². The van der Waals surface area contributed by atoms with Gasteiger partial charge in [-0.3, -0.25) is 0 Å². The highest BCUT2D eigenvalue weighted by Crippen LogP contribution is 2.05. The zero-order chi connectivity index (χ0) is 15.0. The largest absolute Gasteiger partial charge is 0.480 e. The fraction of sp³-hybridized carbons (Fsp3) is 0.846. The number of nitrogens with one attached hydrogen (secondary N) is 2. The summed E-state index contributed by atoms with van der Waals surface area (Å²) in [5, 5.41) is 14.2. The van der Waals surface area contributed by atoms with E-state index in [1.807, 2.05) is 19.0 Å². The minimum Gasteiger partial charge on any atom is -0.480 e. The second-order valence-electron chi connectivity index (χ2n) is 5.51. The van der Waals surface area contributed by atoms with Gasteiger partial charge in [0.05, 0.1) is 0 Å². The Morgan fingerprint density at radius 2 is 1.79 bits per heavy atom. The van der Waals surface area contributed by atoms with Crippen molar-refractivity contribution < 1.29 is 14.7 Å². The van der Waals surface area contributed by atoms with Crippen LogP contribution in [-0.2, 0) is 4.79 Å². The monoisotopic (exact) mass is 273 g/mol. The van der Waals surface area contributed by atoms with Crippen LogP contribution in [0.25, 0.3) is 0 Å². The summed E-state index contributed by atoms with van der Waals surface area (Å²) in [6, 6.07) is -1.23. The molecule has 0 radical (unpaired) electrons. The molecule has 0 aliphatic carbocycles. The van der Waals surface area contributed by atoms with Crippen molar-refractivity contribution in [3.63, 3.8) is 0 Å². The van der Waals surface area contributed by atoms with Gasteiger partial charge in [-0.25, -0.2) is 9.59 Å². The number of hydrogen-bond acceptors (Lipinski definition) is 3. The standard InChI is InChI=1S/C13H27N3O3/c1-6-11(12(17)18)15-13(19)14-10(7-9(2)3)8-16(4)5/h9-11H,6-8H2,1-5H3,(H,17,18)(H2,14,15,19)/t10?,11-/m0/s1. The van der Waals surface area contributed by atoms with Crippen LogP contribution in [0.1, 0.15) is 33.6 Å². The summed E-state index contributed by atoms with van der Waals surface area (Å²) in [5.74, 6) is -0.544. The number of amides is 2. The number of aliphatic carboxylic acids is 1. The van der Waals surface area contributed by atoms with Crippen molar-refractivity contribution in [2.75, 3.05) is 20.6 Å². The van der Waals surface area contributed by atoms with Crippen LogP contribution in [0.15, 0.2) is 0 Å². The van der Waals surface area contributed by atoms with Gasteiger partial charge in [-0.15, -0.1) is 0 Å². The van der Waals surface area contributed by atoms with Crippen LogP contribution < -0.4 is 10.6 Å². The Morgan fingerprint density at radius 1 is 1.21 bits per heavy atom. The van der Waals surface area contributed by atoms with Crippen LogP contribution in [0.2, 0.25) is 0 Å². The average molecular weight is 273 g/mol. The molecule has 0 bridgehead atoms. The van der Waals surface area contributed by atoms with Gasteiger partial charge in [-0.05, 0) is 32.9 Å². The molecule has 1 unspecified atom stereocenters. The molecule has 2 atom stereocenters. The summed E-state index contributed by atoms with van der Waals surface area (Å²) in [6.07, 6.45) is 1.22. The molecule has 6 heteroatoms. The first-order valence-corrected chi connectivity index (χ1v) is 6.70. The van der Waals surface area contributed by atoms with Crippen LogP contribution in [0.5, 0.6) is 0 Å². The molecule has 0 rings (SSSR count). The van der Waals surface area contributed by atoms with Gasteiger partial charge in [0.25, 0.3) is 0 Å². The van der Waals surface area contributed by atoms with Crippen LogP contribution >= 0.6 is 0 Å². The highest BCUT2D eigenvalue weighted by Gasteiger charge is 2.20. The molecule has 112 valence electrons. The van der Waals surface area contributed by atoms with E-state index in [1.165, 1.54) is 0 Å². The Hall–Kier alpha value is -1.30. The minimum absolute atomic E-state index is 0.0151. The van der Waals surface area contributed by atoms with E-state index >= 15 is 0 Å². The Kier molecular flexibility index (Phi) is 8.14. The fourth-order valence-corrected chi connectivity index (χ4v) is 1.91. The van der Waals surface area contributed by atoms with Crippen LogP contribution in [-0.4, -0.2) is 54.7 Å². The first-order valence-electron chi connectivity index (χ1n) is 6.70. The molecule has 0 aromatic rings. The van der Waals surface area contributed by atoms with E-state index in [2.05, 4.69) is 24.5 Å². The average Bonchev–Trinajstić information content (AvgIpc) is 2.23. The predicted molar refractivity (Wildman–Crippen MR) is 75.2 cm³/mol. The molecule has 0 heterocycles. The maximum absolute atomic E-state index is 11.8. The van der Waals surface area contributed by atoms with E-state index in [0.717, 1.165) is 13.0 Å². The van der Waals surface area contributed by atoms with Crippen molar-refractivity contribution in [1.29, 1.82) is 0 Å². The fourth-order valence-electron chi connectivity index (χ4n) is 1.91. The van der Waals surface area contributed by atoms with E-state index < -0.39 is 18.0 Å². The van der Waals surface area contributed by atoms with Crippen LogP contribution in [0, 0.1) is 5.92 Å². The van der Waals surface area contributed by atoms with Crippen LogP contribution in [0.4, 0.5) is 4.79 Å². The Balaban J connectivity index is 4.40. The quantitative estimate of drug-likeness (QED) is 0.619. The van der Waals surface area contributed by atoms with Crippen molar-refractivity contribution >= 4 is 12.0 Å². The van der Waals surface area contributed by atoms with Gasteiger partial charge in [-0.1, -0.05) is 20.8 Å². The summed E-state index contributed by atoms with van der Waals surface area (Å²) in [7, 11) is 3.89. The zero-order valence-corrected chi connectivity index (χ0v) is 12.6. The molecule has 0 aliphatic heterocycles. The van der Waals surface area contributed by atoms with E-state index in [1.54, 1.807) is 6.92 Å². The van der Waals surface area contributed by atoms with Crippen molar-refractivity contribution in [1.82, 2.24) is 15.5 Å². The molecule has 2 amide bonds. The van der Waals surface area contributed by atoms with Gasteiger partial charge in [0.1, 0.15) is 6.04 Å². The molecule has 0 saturated carbocycles. The van der Waals surface area contributed by atoms with Crippen molar-refractivity contribution in [2.45, 2.75) is 45.7 Å². The molecule has 0 fully saturated rings. The third-order valence-electron chi connectivity index (χ3n) is 2.69. The summed E-state index contributed by atoms with van der Waals surface area (Å²) in [4.78, 5) is 24.6. The zero-order valence-electron chi connectivity index (χ0n) is 12.6. The number of hydrogen-bond donors (Lipinski definition) is 3. The third-order valence-corrected chi connectivity index (χ3v) is 2.69. The lowest BCUT2D eigenvalue weighted by Gasteiger charge is -2.25. The first-order chi connectivity index (χ1) is 8.76. The molecule has 0 saturated heterocycles. The Bertz CT molecular complexity index is 283. The molecule has 0 aliphatic rings. The second-order valence-corrected chi connectivity index (χ2v) is 5.51. The van der Waals surface area contributed by atoms with Gasteiger partial charge < -0.3 is 20.6 Å². The topological polar surface area (TPSA) is 81.7 Å². The Morgan fingerprint density at radius 3 is 2.16 bits per heavy atom. The van der Waals surface area contributed by atoms with Gasteiger partial charge >= 0.3 is 12.0 Å². The molecular weight excluding hydrogens is 246 g/mol. The van der Waals surface area contributed by atoms with Gasteiger partial charge in [0.2, 0.25) is 0 Å². The normalized spacial score (nSPS) is 14.3. The van der Waals surface area contributed by atoms with Gasteiger partial charge in [0.15, 0.2) is 0 Å². The highest BCUT2D eigenvalue weighted by atomic mass is 16.4. The summed E-state index contributed by atoms with van der Waals surface area (Å²) in [6.45, 7) is 6.64. The number of carbonyl (C=O) groups excluding carboxylic acids is 1. The molecular formula is C13H27N3O3. The lowest BCUT2D eigenvalue weighted by atomic mass is 10.0. The molecule has 0 aromatic heterocycles. The minimum atomic E-state index is -1.01. The number of carbonyl (C=O) groups is 2. The molecule has 3 N–H and O–H groups in total. The number of nitrogens with zero attached hydrogens (tertiary/aromatic N) is 1. The SMILES string of the molecule is CC[C@H](NC(=O)NC(CC(C)C)CN(C)C)C(=O)O. The van der Waals surface area contributed by atoms with Gasteiger partial charge in [-0.2, -0.15) is 0 Å².